The molecule has 6 aliphatic rings. The molecule has 0 aliphatic heterocycles. The predicted octanol–water partition coefficient (Wildman–Crippen LogP) is 1.71. The van der Waals surface area contributed by atoms with Gasteiger partial charge >= 0.3 is 0 Å². The quantitative estimate of drug-likeness (QED) is 0.588. The number of carbonyl (C=O) groups is 1. The standard InChI is InChI=1S/C11H11BrO/c12-10-6-2-1-3-4(6)9-8(10)5(2)7(3)11(9)13/h2-10H,1H2/t2-,3-,4?,5?,6+,7+,8+,9-,10+/m0/s1. The van der Waals surface area contributed by atoms with E-state index < -0.39 is 0 Å². The number of rotatable bonds is 0. The number of halogens is 1. The average molecular weight is 239 g/mol. The Hall–Kier alpha value is 0.150. The van der Waals surface area contributed by atoms with Crippen molar-refractivity contribution in [2.24, 2.45) is 47.3 Å². The normalized spacial score (nSPS) is 79.8. The largest absolute Gasteiger partial charge is 0.299 e. The van der Waals surface area contributed by atoms with E-state index in [1.54, 1.807) is 0 Å². The maximum Gasteiger partial charge on any atom is 0.140 e. The Labute approximate surface area is 85.4 Å². The van der Waals surface area contributed by atoms with Gasteiger partial charge in [0.25, 0.3) is 0 Å². The van der Waals surface area contributed by atoms with Crippen molar-refractivity contribution in [2.75, 3.05) is 0 Å². The van der Waals surface area contributed by atoms with E-state index in [1.165, 1.54) is 6.42 Å². The molecule has 9 atom stereocenters. The summed E-state index contributed by atoms with van der Waals surface area (Å²) in [6.07, 6.45) is 1.41. The molecule has 0 saturated heterocycles. The summed E-state index contributed by atoms with van der Waals surface area (Å²) in [5.74, 6) is 6.90. The molecule has 6 fully saturated rings. The van der Waals surface area contributed by atoms with Crippen LogP contribution in [-0.2, 0) is 4.79 Å². The first-order chi connectivity index (χ1) is 6.30. The molecule has 6 aliphatic carbocycles. The lowest BCUT2D eigenvalue weighted by molar-refractivity contribution is -0.122. The third-order valence-corrected chi connectivity index (χ3v) is 7.24. The molecule has 0 radical (unpaired) electrons. The molecule has 0 amide bonds. The van der Waals surface area contributed by atoms with Crippen molar-refractivity contribution in [3.63, 3.8) is 0 Å². The Morgan fingerprint density at radius 3 is 2.54 bits per heavy atom. The fourth-order valence-electron chi connectivity index (χ4n) is 6.20. The van der Waals surface area contributed by atoms with Crippen molar-refractivity contribution in [2.45, 2.75) is 11.2 Å². The van der Waals surface area contributed by atoms with Crippen LogP contribution in [0.1, 0.15) is 6.42 Å². The molecule has 0 N–H and O–H groups in total. The molecule has 0 aromatic carbocycles. The van der Waals surface area contributed by atoms with E-state index in [0.29, 0.717) is 17.6 Å². The number of Topliss-reactive ketones (excluding diaryl/α,β-unsaturated/α-hetero) is 1. The number of carbonyl (C=O) groups excluding carboxylic acids is 1. The summed E-state index contributed by atoms with van der Waals surface area (Å²) >= 11 is 3.86. The molecule has 0 spiro atoms. The first-order valence-electron chi connectivity index (χ1n) is 5.48. The van der Waals surface area contributed by atoms with Crippen molar-refractivity contribution < 1.29 is 4.79 Å². The lowest BCUT2D eigenvalue weighted by atomic mass is 9.71. The van der Waals surface area contributed by atoms with E-state index in [4.69, 9.17) is 0 Å². The van der Waals surface area contributed by atoms with Crippen molar-refractivity contribution in [3.8, 4) is 0 Å². The fraction of sp³-hybridized carbons (Fsp3) is 0.909. The molecule has 6 bridgehead atoms. The zero-order valence-corrected chi connectivity index (χ0v) is 8.78. The second-order valence-corrected chi connectivity index (χ2v) is 6.83. The first-order valence-corrected chi connectivity index (χ1v) is 6.40. The van der Waals surface area contributed by atoms with Gasteiger partial charge in [-0.3, -0.25) is 4.79 Å². The number of hydrogen-bond acceptors (Lipinski definition) is 1. The van der Waals surface area contributed by atoms with Gasteiger partial charge < -0.3 is 0 Å². The molecule has 2 unspecified atom stereocenters. The summed E-state index contributed by atoms with van der Waals surface area (Å²) < 4.78 is 0. The SMILES string of the molecule is O=C1[C@H]2C3[C@@H]4[C@@H](Br)[C@@H]2C2[C@@H]4C[C@@H]3[C@@H]12. The third kappa shape index (κ3) is 0.397. The van der Waals surface area contributed by atoms with Crippen LogP contribution in [0.5, 0.6) is 0 Å². The molecule has 13 heavy (non-hydrogen) atoms. The van der Waals surface area contributed by atoms with E-state index in [-0.39, 0.29) is 0 Å². The van der Waals surface area contributed by atoms with Crippen LogP contribution in [0.3, 0.4) is 0 Å². The van der Waals surface area contributed by atoms with E-state index in [9.17, 15) is 4.79 Å². The Balaban J connectivity index is 1.90. The van der Waals surface area contributed by atoms with Crippen LogP contribution in [0.4, 0.5) is 0 Å². The van der Waals surface area contributed by atoms with Gasteiger partial charge in [0.1, 0.15) is 5.78 Å². The highest BCUT2D eigenvalue weighted by Crippen LogP contribution is 2.82. The fourth-order valence-corrected chi connectivity index (χ4v) is 7.62. The molecular formula is C11H11BrO. The zero-order valence-electron chi connectivity index (χ0n) is 7.19. The lowest BCUT2D eigenvalue weighted by Gasteiger charge is -2.32. The maximum absolute atomic E-state index is 12.0. The molecule has 2 heteroatoms. The van der Waals surface area contributed by atoms with Gasteiger partial charge in [0.15, 0.2) is 0 Å². The average Bonchev–Trinajstić information content (AvgIpc) is 2.78. The lowest BCUT2D eigenvalue weighted by Crippen LogP contribution is -2.30. The summed E-state index contributed by atoms with van der Waals surface area (Å²) in [7, 11) is 0. The highest BCUT2D eigenvalue weighted by atomic mass is 79.9. The molecule has 68 valence electrons. The van der Waals surface area contributed by atoms with Gasteiger partial charge in [-0.25, -0.2) is 0 Å². The van der Waals surface area contributed by atoms with E-state index in [1.807, 2.05) is 0 Å². The van der Waals surface area contributed by atoms with E-state index in [0.717, 1.165) is 40.3 Å². The van der Waals surface area contributed by atoms with Gasteiger partial charge in [0.05, 0.1) is 0 Å². The van der Waals surface area contributed by atoms with Crippen molar-refractivity contribution in [1.82, 2.24) is 0 Å². The number of alkyl halides is 1. The number of ketones is 1. The summed E-state index contributed by atoms with van der Waals surface area (Å²) in [5.41, 5.74) is 0. The van der Waals surface area contributed by atoms with Gasteiger partial charge in [-0.15, -0.1) is 0 Å². The van der Waals surface area contributed by atoms with Crippen LogP contribution in [0.15, 0.2) is 0 Å². The molecule has 0 heterocycles. The summed E-state index contributed by atoms with van der Waals surface area (Å²) in [6, 6.07) is 0. The minimum absolute atomic E-state index is 0.521. The Morgan fingerprint density at radius 1 is 1.00 bits per heavy atom. The Bertz CT molecular complexity index is 350. The van der Waals surface area contributed by atoms with Crippen LogP contribution >= 0.6 is 15.9 Å². The van der Waals surface area contributed by atoms with Crippen LogP contribution in [0, 0.1) is 47.3 Å². The molecular weight excluding hydrogens is 228 g/mol. The second kappa shape index (κ2) is 1.56. The van der Waals surface area contributed by atoms with Crippen LogP contribution in [0.2, 0.25) is 0 Å². The highest BCUT2D eigenvalue weighted by molar-refractivity contribution is 9.09. The monoisotopic (exact) mass is 238 g/mol. The minimum atomic E-state index is 0.521. The maximum atomic E-state index is 12.0. The summed E-state index contributed by atoms with van der Waals surface area (Å²) in [4.78, 5) is 12.7. The minimum Gasteiger partial charge on any atom is -0.299 e. The zero-order chi connectivity index (χ0) is 8.48. The van der Waals surface area contributed by atoms with Crippen molar-refractivity contribution >= 4 is 21.7 Å². The highest BCUT2D eigenvalue weighted by Gasteiger charge is 2.83. The third-order valence-electron chi connectivity index (χ3n) is 6.01. The Kier molecular flexibility index (Phi) is 0.790. The molecule has 6 rings (SSSR count). The van der Waals surface area contributed by atoms with Gasteiger partial charge in [-0.2, -0.15) is 0 Å². The summed E-state index contributed by atoms with van der Waals surface area (Å²) in [5, 5.41) is 0. The van der Waals surface area contributed by atoms with Crippen LogP contribution in [0.25, 0.3) is 0 Å². The molecule has 6 saturated carbocycles. The number of hydrogen-bond donors (Lipinski definition) is 0. The van der Waals surface area contributed by atoms with Crippen molar-refractivity contribution in [1.29, 1.82) is 0 Å². The van der Waals surface area contributed by atoms with Crippen LogP contribution in [-0.4, -0.2) is 10.6 Å². The summed E-state index contributed by atoms with van der Waals surface area (Å²) in [6.45, 7) is 0. The van der Waals surface area contributed by atoms with E-state index >= 15 is 0 Å². The molecule has 1 nitrogen and oxygen atoms in total. The van der Waals surface area contributed by atoms with Gasteiger partial charge in [0, 0.05) is 16.7 Å². The second-order valence-electron chi connectivity index (χ2n) is 5.77. The predicted molar refractivity (Wildman–Crippen MR) is 50.3 cm³/mol. The first kappa shape index (κ1) is 6.60. The van der Waals surface area contributed by atoms with Crippen LogP contribution < -0.4 is 0 Å². The molecule has 0 aromatic rings. The van der Waals surface area contributed by atoms with Gasteiger partial charge in [-0.05, 0) is 41.9 Å². The van der Waals surface area contributed by atoms with E-state index in [2.05, 4.69) is 15.9 Å². The van der Waals surface area contributed by atoms with Crippen molar-refractivity contribution in [3.05, 3.63) is 0 Å². The van der Waals surface area contributed by atoms with Gasteiger partial charge in [-0.1, -0.05) is 15.9 Å². The molecule has 0 aromatic heterocycles. The Morgan fingerprint density at radius 2 is 1.77 bits per heavy atom. The topological polar surface area (TPSA) is 17.1 Å². The van der Waals surface area contributed by atoms with Gasteiger partial charge in [0.2, 0.25) is 0 Å². The smallest absolute Gasteiger partial charge is 0.140 e.